The number of hydrogen-bond acceptors (Lipinski definition) is 5. The highest BCUT2D eigenvalue weighted by molar-refractivity contribution is 6.30. The Labute approximate surface area is 175 Å². The van der Waals surface area contributed by atoms with Crippen molar-refractivity contribution >= 4 is 23.4 Å². The fraction of sp³-hybridized carbons (Fsp3) is 0.304. The number of carbonyl (C=O) groups excluding carboxylic acids is 2. The molecule has 0 aromatic heterocycles. The highest BCUT2D eigenvalue weighted by Crippen LogP contribution is 2.37. The van der Waals surface area contributed by atoms with Crippen molar-refractivity contribution in [2.24, 2.45) is 5.41 Å². The van der Waals surface area contributed by atoms with Crippen molar-refractivity contribution in [3.63, 3.8) is 0 Å². The van der Waals surface area contributed by atoms with Crippen LogP contribution in [0.1, 0.15) is 24.0 Å². The molecule has 5 nitrogen and oxygen atoms in total. The summed E-state index contributed by atoms with van der Waals surface area (Å²) >= 11 is 5.95. The topological polar surface area (TPSA) is 83.5 Å². The van der Waals surface area contributed by atoms with Gasteiger partial charge in [0.05, 0.1) is 5.97 Å². The molecule has 0 amide bonds. The molecule has 0 aliphatic carbocycles. The molecule has 2 aromatic rings. The number of nitrogens with zero attached hydrogens (tertiary/aromatic N) is 1. The Hall–Kier alpha value is -2.63. The van der Waals surface area contributed by atoms with Gasteiger partial charge in [0.1, 0.15) is 0 Å². The van der Waals surface area contributed by atoms with Gasteiger partial charge in [-0.15, -0.1) is 0 Å². The van der Waals surface area contributed by atoms with Crippen molar-refractivity contribution in [2.45, 2.75) is 25.8 Å². The highest BCUT2D eigenvalue weighted by Gasteiger charge is 2.40. The van der Waals surface area contributed by atoms with Gasteiger partial charge in [0.15, 0.2) is 5.78 Å². The lowest BCUT2D eigenvalue weighted by molar-refractivity contribution is -0.353. The van der Waals surface area contributed by atoms with Crippen LogP contribution in [0.15, 0.2) is 66.4 Å². The van der Waals surface area contributed by atoms with Crippen molar-refractivity contribution in [3.8, 4) is 0 Å². The summed E-state index contributed by atoms with van der Waals surface area (Å²) in [6, 6.07) is 17.3. The van der Waals surface area contributed by atoms with Gasteiger partial charge >= 0.3 is 0 Å². The minimum atomic E-state index is -1.86. The smallest absolute Gasteiger partial charge is 0.161 e. The van der Waals surface area contributed by atoms with Crippen LogP contribution in [-0.2, 0) is 22.6 Å². The fourth-order valence-corrected chi connectivity index (χ4v) is 3.94. The monoisotopic (exact) mass is 411 g/mol. The molecule has 0 N–H and O–H groups in total. The third-order valence-corrected chi connectivity index (χ3v) is 5.76. The lowest BCUT2D eigenvalue weighted by Gasteiger charge is -2.41. The van der Waals surface area contributed by atoms with Crippen LogP contribution >= 0.6 is 11.6 Å². The number of likely N-dealkylation sites (tertiary alicyclic amines) is 1. The highest BCUT2D eigenvalue weighted by atomic mass is 35.5. The van der Waals surface area contributed by atoms with E-state index in [0.29, 0.717) is 43.5 Å². The molecule has 0 bridgehead atoms. The van der Waals surface area contributed by atoms with Gasteiger partial charge < -0.3 is 15.0 Å². The third kappa shape index (κ3) is 5.46. The van der Waals surface area contributed by atoms with E-state index in [4.69, 9.17) is 11.6 Å². The molecular formula is C23H22ClNO4-2. The van der Waals surface area contributed by atoms with Crippen molar-refractivity contribution in [2.75, 3.05) is 13.1 Å². The molecule has 0 atom stereocenters. The van der Waals surface area contributed by atoms with Crippen LogP contribution in [0.3, 0.4) is 0 Å². The molecule has 1 heterocycles. The van der Waals surface area contributed by atoms with Crippen LogP contribution in [-0.4, -0.2) is 29.7 Å². The zero-order valence-electron chi connectivity index (χ0n) is 16.0. The zero-order chi connectivity index (χ0) is 20.9. The number of piperidine rings is 1. The molecule has 1 aliphatic rings. The van der Waals surface area contributed by atoms with Crippen molar-refractivity contribution in [3.05, 3.63) is 82.6 Å². The van der Waals surface area contributed by atoms with E-state index in [-0.39, 0.29) is 0 Å². The summed E-state index contributed by atoms with van der Waals surface area (Å²) in [5.41, 5.74) is 1.31. The molecule has 29 heavy (non-hydrogen) atoms. The molecule has 6 heteroatoms. The van der Waals surface area contributed by atoms with Gasteiger partial charge in [-0.25, -0.2) is 0 Å². The first-order valence-corrected chi connectivity index (χ1v) is 9.91. The first kappa shape index (κ1) is 21.1. The molecule has 152 valence electrons. The molecule has 0 saturated carbocycles. The maximum atomic E-state index is 13.0. The number of benzene rings is 2. The molecule has 0 unspecified atom stereocenters. The van der Waals surface area contributed by atoms with Crippen LogP contribution in [0, 0.1) is 5.41 Å². The fourth-order valence-electron chi connectivity index (χ4n) is 3.82. The average Bonchev–Trinajstić information content (AvgIpc) is 2.72. The number of rotatable bonds is 7. The minimum absolute atomic E-state index is 0.430. The Morgan fingerprint density at radius 3 is 2.17 bits per heavy atom. The van der Waals surface area contributed by atoms with Crippen LogP contribution in [0.25, 0.3) is 0 Å². The van der Waals surface area contributed by atoms with E-state index < -0.39 is 22.9 Å². The number of carbonyl (C=O) groups is 2. The zero-order valence-corrected chi connectivity index (χ0v) is 16.7. The predicted octanol–water partition coefficient (Wildman–Crippen LogP) is 1.73. The van der Waals surface area contributed by atoms with Crippen LogP contribution < -0.4 is 10.2 Å². The molecular weight excluding hydrogens is 390 g/mol. The van der Waals surface area contributed by atoms with Gasteiger partial charge in [-0.3, -0.25) is 9.69 Å². The Balaban J connectivity index is 1.78. The summed E-state index contributed by atoms with van der Waals surface area (Å²) in [5.74, 6) is -3.58. The molecule has 2 aromatic carbocycles. The van der Waals surface area contributed by atoms with Gasteiger partial charge in [0.25, 0.3) is 0 Å². The molecule has 0 radical (unpaired) electrons. The number of allylic oxidation sites excluding steroid dienone is 1. The van der Waals surface area contributed by atoms with Crippen LogP contribution in [0.5, 0.6) is 0 Å². The standard InChI is InChI=1S/C23H24ClNO4/c24-19-8-6-17(7-9-19)15-23(21(27)14-20(26)22(28)29)10-12-25(13-11-23)16-18-4-2-1-3-5-18/h1-9,14,26H,10-13,15-16H2,(H,28,29)/p-2/b20-14-. The van der Waals surface area contributed by atoms with Crippen LogP contribution in [0.2, 0.25) is 5.02 Å². The van der Waals surface area contributed by atoms with Gasteiger partial charge in [-0.2, -0.15) is 0 Å². The van der Waals surface area contributed by atoms with Gasteiger partial charge in [0.2, 0.25) is 0 Å². The first-order chi connectivity index (χ1) is 13.9. The average molecular weight is 412 g/mol. The van der Waals surface area contributed by atoms with E-state index in [2.05, 4.69) is 17.0 Å². The molecule has 1 fully saturated rings. The lowest BCUT2D eigenvalue weighted by atomic mass is 9.70. The molecule has 3 rings (SSSR count). The second-order valence-electron chi connectivity index (χ2n) is 7.51. The largest absolute Gasteiger partial charge is 0.871 e. The quantitative estimate of drug-likeness (QED) is 0.511. The Kier molecular flexibility index (Phi) is 6.72. The summed E-state index contributed by atoms with van der Waals surface area (Å²) in [6.45, 7) is 2.15. The minimum Gasteiger partial charge on any atom is -0.871 e. The van der Waals surface area contributed by atoms with Gasteiger partial charge in [-0.05, 0) is 61.7 Å². The number of ketones is 1. The molecule has 1 aliphatic heterocycles. The van der Waals surface area contributed by atoms with E-state index in [1.54, 1.807) is 12.1 Å². The first-order valence-electron chi connectivity index (χ1n) is 9.53. The molecule has 1 saturated heterocycles. The summed E-state index contributed by atoms with van der Waals surface area (Å²) in [6.07, 6.45) is 2.20. The van der Waals surface area contributed by atoms with Crippen molar-refractivity contribution in [1.82, 2.24) is 4.90 Å². The SMILES string of the molecule is O=C([O-])/C([O-])=C/C(=O)C1(Cc2ccc(Cl)cc2)CCN(Cc2ccccc2)CC1. The van der Waals surface area contributed by atoms with Crippen molar-refractivity contribution in [1.29, 1.82) is 0 Å². The number of hydrogen-bond donors (Lipinski definition) is 0. The third-order valence-electron chi connectivity index (χ3n) is 5.50. The van der Waals surface area contributed by atoms with E-state index in [1.165, 1.54) is 5.56 Å². The number of carboxylic acids is 1. The second-order valence-corrected chi connectivity index (χ2v) is 7.94. The maximum Gasteiger partial charge on any atom is 0.161 e. The van der Waals surface area contributed by atoms with E-state index >= 15 is 0 Å². The summed E-state index contributed by atoms with van der Waals surface area (Å²) in [4.78, 5) is 26.0. The van der Waals surface area contributed by atoms with Gasteiger partial charge in [-0.1, -0.05) is 59.8 Å². The van der Waals surface area contributed by atoms with Crippen molar-refractivity contribution < 1.29 is 19.8 Å². The lowest BCUT2D eigenvalue weighted by Crippen LogP contribution is -2.45. The van der Waals surface area contributed by atoms with Crippen LogP contribution in [0.4, 0.5) is 0 Å². The van der Waals surface area contributed by atoms with E-state index in [1.807, 2.05) is 30.3 Å². The van der Waals surface area contributed by atoms with Gasteiger partial charge in [0, 0.05) is 17.0 Å². The Morgan fingerprint density at radius 1 is 0.966 bits per heavy atom. The predicted molar refractivity (Wildman–Crippen MR) is 107 cm³/mol. The number of aliphatic carboxylic acids is 1. The molecule has 0 spiro atoms. The Morgan fingerprint density at radius 2 is 1.59 bits per heavy atom. The normalized spacial score (nSPS) is 17.1. The number of halogens is 1. The summed E-state index contributed by atoms with van der Waals surface area (Å²) < 4.78 is 0. The van der Waals surface area contributed by atoms with E-state index in [0.717, 1.165) is 12.1 Å². The second kappa shape index (κ2) is 9.25. The number of carboxylic acid groups (broad SMARTS) is 1. The summed E-state index contributed by atoms with van der Waals surface area (Å²) in [5, 5.41) is 23.0. The maximum absolute atomic E-state index is 13.0. The summed E-state index contributed by atoms with van der Waals surface area (Å²) in [7, 11) is 0. The van der Waals surface area contributed by atoms with E-state index in [9.17, 15) is 19.8 Å². The Bertz CT molecular complexity index is 885.